The number of anilines is 1. The third-order valence-electron chi connectivity index (χ3n) is 5.50. The number of hydrogen-bond donors (Lipinski definition) is 2. The Bertz CT molecular complexity index is 1160. The van der Waals surface area contributed by atoms with Crippen LogP contribution in [0.25, 0.3) is 16.7 Å². The summed E-state index contributed by atoms with van der Waals surface area (Å²) < 4.78 is 24.0. The molecule has 0 saturated heterocycles. The largest absolute Gasteiger partial charge is 0.487 e. The van der Waals surface area contributed by atoms with E-state index in [-0.39, 0.29) is 11.3 Å². The second-order valence-corrected chi connectivity index (χ2v) is 9.48. The normalized spacial score (nSPS) is 11.7. The van der Waals surface area contributed by atoms with Crippen LogP contribution in [-0.4, -0.2) is 79.2 Å². The molecule has 1 amide bonds. The highest BCUT2D eigenvalue weighted by Gasteiger charge is 2.20. The fourth-order valence-electron chi connectivity index (χ4n) is 3.52. The van der Waals surface area contributed by atoms with E-state index in [2.05, 4.69) is 20.8 Å². The molecule has 2 heterocycles. The maximum Gasteiger partial charge on any atom is 0.225 e. The first-order valence-electron chi connectivity index (χ1n) is 12.2. The summed E-state index contributed by atoms with van der Waals surface area (Å²) in [5.74, 6) is 2.60. The number of amides is 1. The molecule has 0 atom stereocenters. The summed E-state index contributed by atoms with van der Waals surface area (Å²) in [6.45, 7) is 10.6. The summed E-state index contributed by atoms with van der Waals surface area (Å²) >= 11 is 0. The molecule has 0 unspecified atom stereocenters. The van der Waals surface area contributed by atoms with Gasteiger partial charge in [0, 0.05) is 44.9 Å². The maximum absolute atomic E-state index is 12.0. The first-order chi connectivity index (χ1) is 17.3. The average Bonchev–Trinajstić information content (AvgIpc) is 3.23. The number of aromatic nitrogens is 4. The number of hydrogen-bond acceptors (Lipinski definition) is 9. The van der Waals surface area contributed by atoms with Crippen molar-refractivity contribution in [2.45, 2.75) is 40.5 Å². The predicted molar refractivity (Wildman–Crippen MR) is 138 cm³/mol. The fraction of sp³-hybridized carbons (Fsp3) is 0.600. The van der Waals surface area contributed by atoms with E-state index in [9.17, 15) is 4.79 Å². The van der Waals surface area contributed by atoms with Gasteiger partial charge in [0.15, 0.2) is 17.3 Å². The summed E-state index contributed by atoms with van der Waals surface area (Å²) in [6, 6.07) is 3.75. The second-order valence-electron chi connectivity index (χ2n) is 9.48. The van der Waals surface area contributed by atoms with Gasteiger partial charge >= 0.3 is 0 Å². The minimum Gasteiger partial charge on any atom is -0.487 e. The Hall–Kier alpha value is -3.18. The van der Waals surface area contributed by atoms with Gasteiger partial charge < -0.3 is 29.6 Å². The number of nitrogens with zero attached hydrogens (tertiary/aromatic N) is 4. The van der Waals surface area contributed by atoms with Crippen molar-refractivity contribution in [3.63, 3.8) is 0 Å². The number of carbonyl (C=O) groups excluding carboxylic acids is 1. The quantitative estimate of drug-likeness (QED) is 0.320. The van der Waals surface area contributed by atoms with Gasteiger partial charge in [0.1, 0.15) is 19.0 Å². The van der Waals surface area contributed by atoms with Crippen LogP contribution in [0.15, 0.2) is 12.1 Å². The number of carbonyl (C=O) groups is 1. The lowest BCUT2D eigenvalue weighted by atomic mass is 9.96. The van der Waals surface area contributed by atoms with Crippen LogP contribution in [-0.2, 0) is 14.3 Å². The van der Waals surface area contributed by atoms with E-state index in [4.69, 9.17) is 23.9 Å². The molecule has 2 N–H and O–H groups in total. The van der Waals surface area contributed by atoms with Crippen LogP contribution >= 0.6 is 0 Å². The lowest BCUT2D eigenvalue weighted by Crippen LogP contribution is -2.35. The predicted octanol–water partition coefficient (Wildman–Crippen LogP) is 2.99. The van der Waals surface area contributed by atoms with E-state index in [1.807, 2.05) is 44.2 Å². The smallest absolute Gasteiger partial charge is 0.225 e. The Morgan fingerprint density at radius 2 is 1.58 bits per heavy atom. The van der Waals surface area contributed by atoms with Crippen LogP contribution in [0.2, 0.25) is 0 Å². The van der Waals surface area contributed by atoms with Gasteiger partial charge in [0.25, 0.3) is 0 Å². The average molecular weight is 503 g/mol. The molecule has 198 valence electrons. The van der Waals surface area contributed by atoms with E-state index >= 15 is 0 Å². The second kappa shape index (κ2) is 12.7. The Labute approximate surface area is 211 Å². The maximum atomic E-state index is 12.0. The first kappa shape index (κ1) is 27.4. The molecule has 36 heavy (non-hydrogen) atoms. The molecule has 0 aliphatic heterocycles. The van der Waals surface area contributed by atoms with E-state index in [0.29, 0.717) is 62.5 Å². The zero-order chi connectivity index (χ0) is 26.1. The van der Waals surface area contributed by atoms with E-state index in [1.165, 1.54) is 0 Å². The molecule has 0 radical (unpaired) electrons. The van der Waals surface area contributed by atoms with E-state index in [1.54, 1.807) is 14.2 Å². The van der Waals surface area contributed by atoms with Crippen LogP contribution in [0.1, 0.15) is 39.4 Å². The van der Waals surface area contributed by atoms with Crippen molar-refractivity contribution < 1.29 is 23.7 Å². The molecule has 3 aromatic rings. The van der Waals surface area contributed by atoms with Crippen LogP contribution in [0.4, 0.5) is 5.82 Å². The highest BCUT2D eigenvalue weighted by atomic mass is 16.5. The van der Waals surface area contributed by atoms with Crippen molar-refractivity contribution in [2.24, 2.45) is 5.41 Å². The van der Waals surface area contributed by atoms with E-state index < -0.39 is 0 Å². The Morgan fingerprint density at radius 1 is 0.944 bits per heavy atom. The van der Waals surface area contributed by atoms with E-state index in [0.717, 1.165) is 29.7 Å². The molecule has 0 bridgehead atoms. The van der Waals surface area contributed by atoms with Gasteiger partial charge in [-0.05, 0) is 19.8 Å². The van der Waals surface area contributed by atoms with Gasteiger partial charge in [-0.3, -0.25) is 9.20 Å². The number of ether oxygens (including phenoxy) is 4. The molecule has 3 rings (SSSR count). The third-order valence-corrected chi connectivity index (χ3v) is 5.50. The monoisotopic (exact) mass is 502 g/mol. The lowest BCUT2D eigenvalue weighted by Gasteiger charge is -2.17. The summed E-state index contributed by atoms with van der Waals surface area (Å²) in [5, 5.41) is 15.0. The van der Waals surface area contributed by atoms with Crippen LogP contribution < -0.4 is 20.1 Å². The number of aryl methyl sites for hydroxylation is 1. The molecule has 0 fully saturated rings. The standard InChI is InChI=1S/C25H38N6O5/c1-17-29-30-23-22(26-9-7-8-10-27-24(32)25(2,3)4)28-18-15-20(35-13-11-33-5)21(36-14-12-34-6)16-19(18)31(17)23/h15-16H,7-14H2,1-6H3,(H,26,28)(H,27,32). The van der Waals surface area contributed by atoms with Crippen LogP contribution in [0.3, 0.4) is 0 Å². The van der Waals surface area contributed by atoms with Gasteiger partial charge in [-0.1, -0.05) is 20.8 Å². The van der Waals surface area contributed by atoms with Crippen molar-refractivity contribution in [1.29, 1.82) is 0 Å². The van der Waals surface area contributed by atoms with Crippen molar-refractivity contribution in [3.8, 4) is 11.5 Å². The van der Waals surface area contributed by atoms with Gasteiger partial charge in [0.05, 0.1) is 24.2 Å². The molecule has 0 saturated carbocycles. The topological polar surface area (TPSA) is 121 Å². The summed E-state index contributed by atoms with van der Waals surface area (Å²) in [7, 11) is 3.26. The highest BCUT2D eigenvalue weighted by Crippen LogP contribution is 2.34. The molecule has 11 nitrogen and oxygen atoms in total. The minimum absolute atomic E-state index is 0.0568. The number of rotatable bonds is 14. The lowest BCUT2D eigenvalue weighted by molar-refractivity contribution is -0.128. The minimum atomic E-state index is -0.384. The van der Waals surface area contributed by atoms with Crippen molar-refractivity contribution >= 4 is 28.4 Å². The number of unbranched alkanes of at least 4 members (excludes halogenated alkanes) is 1. The molecule has 11 heteroatoms. The number of nitrogens with one attached hydrogen (secondary N) is 2. The fourth-order valence-corrected chi connectivity index (χ4v) is 3.52. The molecule has 0 aliphatic carbocycles. The molecule has 1 aromatic carbocycles. The number of benzene rings is 1. The Kier molecular flexibility index (Phi) is 9.65. The highest BCUT2D eigenvalue weighted by molar-refractivity contribution is 5.86. The Morgan fingerprint density at radius 3 is 2.22 bits per heavy atom. The molecule has 0 spiro atoms. The number of methoxy groups -OCH3 is 2. The van der Waals surface area contributed by atoms with Crippen molar-refractivity contribution in [3.05, 3.63) is 18.0 Å². The first-order valence-corrected chi connectivity index (χ1v) is 12.2. The molecule has 0 aliphatic rings. The summed E-state index contributed by atoms with van der Waals surface area (Å²) in [5.41, 5.74) is 1.79. The summed E-state index contributed by atoms with van der Waals surface area (Å²) in [4.78, 5) is 16.8. The Balaban J connectivity index is 1.80. The molecular formula is C25H38N6O5. The molecular weight excluding hydrogens is 464 g/mol. The van der Waals surface area contributed by atoms with Gasteiger partial charge in [0.2, 0.25) is 11.6 Å². The number of fused-ring (bicyclic) bond motifs is 3. The molecule has 2 aromatic heterocycles. The zero-order valence-electron chi connectivity index (χ0n) is 22.1. The third kappa shape index (κ3) is 6.94. The summed E-state index contributed by atoms with van der Waals surface area (Å²) in [6.07, 6.45) is 1.71. The van der Waals surface area contributed by atoms with Crippen molar-refractivity contribution in [1.82, 2.24) is 24.9 Å². The zero-order valence-corrected chi connectivity index (χ0v) is 22.1. The SMILES string of the molecule is COCCOc1cc2nc(NCCCCNC(=O)C(C)(C)C)c3nnc(C)n3c2cc1OCCOC. The van der Waals surface area contributed by atoms with Gasteiger partial charge in [-0.25, -0.2) is 4.98 Å². The van der Waals surface area contributed by atoms with Gasteiger partial charge in [-0.2, -0.15) is 0 Å². The van der Waals surface area contributed by atoms with Crippen LogP contribution in [0, 0.1) is 12.3 Å². The van der Waals surface area contributed by atoms with Gasteiger partial charge in [-0.15, -0.1) is 10.2 Å². The van der Waals surface area contributed by atoms with Crippen molar-refractivity contribution in [2.75, 3.05) is 59.1 Å². The van der Waals surface area contributed by atoms with Crippen LogP contribution in [0.5, 0.6) is 11.5 Å².